The van der Waals surface area contributed by atoms with Crippen LogP contribution in [0.2, 0.25) is 10.0 Å². The molecule has 0 bridgehead atoms. The normalized spacial score (nSPS) is 13.6. The molecule has 2 N–H and O–H groups in total. The van der Waals surface area contributed by atoms with Gasteiger partial charge in [-0.05, 0) is 78.4 Å². The van der Waals surface area contributed by atoms with Crippen molar-refractivity contribution in [3.8, 4) is 5.75 Å². The van der Waals surface area contributed by atoms with Gasteiger partial charge in [-0.1, -0.05) is 89.9 Å². The maximum absolute atomic E-state index is 11.1. The first-order chi connectivity index (χ1) is 20.4. The van der Waals surface area contributed by atoms with E-state index in [-0.39, 0.29) is 6.04 Å². The summed E-state index contributed by atoms with van der Waals surface area (Å²) < 4.78 is 11.6. The lowest BCUT2D eigenvalue weighted by Crippen LogP contribution is -2.40. The van der Waals surface area contributed by atoms with Gasteiger partial charge in [0.1, 0.15) is 12.4 Å². The monoisotopic (exact) mass is 607 g/mol. The lowest BCUT2D eigenvalue weighted by molar-refractivity contribution is 0.0480. The van der Waals surface area contributed by atoms with Crippen LogP contribution in [0.3, 0.4) is 0 Å². The van der Waals surface area contributed by atoms with Gasteiger partial charge < -0.3 is 19.7 Å². The van der Waals surface area contributed by atoms with Crippen molar-refractivity contribution in [2.75, 3.05) is 32.9 Å². The Morgan fingerprint density at radius 1 is 0.667 bits per heavy atom. The van der Waals surface area contributed by atoms with E-state index < -0.39 is 12.2 Å². The fraction of sp³-hybridized carbons (Fsp3) is 0.314. The molecule has 7 heteroatoms. The van der Waals surface area contributed by atoms with Crippen LogP contribution in [0.5, 0.6) is 5.75 Å². The number of aliphatic hydroxyl groups is 2. The summed E-state index contributed by atoms with van der Waals surface area (Å²) in [6, 6.07) is 32.9. The molecule has 222 valence electrons. The third-order valence-electron chi connectivity index (χ3n) is 7.23. The molecule has 0 unspecified atom stereocenters. The summed E-state index contributed by atoms with van der Waals surface area (Å²) in [4.78, 5) is 2.11. The topological polar surface area (TPSA) is 62.2 Å². The maximum atomic E-state index is 11.1. The predicted molar refractivity (Wildman–Crippen MR) is 170 cm³/mol. The number of hydrogen-bond acceptors (Lipinski definition) is 5. The van der Waals surface area contributed by atoms with Crippen molar-refractivity contribution in [2.45, 2.75) is 38.0 Å². The second kappa shape index (κ2) is 16.7. The van der Waals surface area contributed by atoms with Gasteiger partial charge >= 0.3 is 0 Å². The van der Waals surface area contributed by atoms with Gasteiger partial charge in [0, 0.05) is 29.2 Å². The Balaban J connectivity index is 1.31. The molecule has 0 saturated heterocycles. The molecule has 0 fully saturated rings. The average molecular weight is 609 g/mol. The summed E-state index contributed by atoms with van der Waals surface area (Å²) in [6.07, 6.45) is 0.0940. The lowest BCUT2D eigenvalue weighted by atomic mass is 10.0. The minimum atomic E-state index is -0.761. The lowest BCUT2D eigenvalue weighted by Gasteiger charge is -2.33. The van der Waals surface area contributed by atoms with E-state index in [0.717, 1.165) is 35.3 Å². The first-order valence-corrected chi connectivity index (χ1v) is 15.1. The molecule has 0 aromatic heterocycles. The number of hydrogen-bond donors (Lipinski definition) is 2. The number of nitrogens with zero attached hydrogens (tertiary/aromatic N) is 1. The number of halogens is 2. The fourth-order valence-corrected chi connectivity index (χ4v) is 5.26. The zero-order valence-electron chi connectivity index (χ0n) is 23.9. The number of ether oxygens (including phenoxy) is 2. The van der Waals surface area contributed by atoms with E-state index in [0.29, 0.717) is 43.0 Å². The van der Waals surface area contributed by atoms with Crippen LogP contribution in [0.25, 0.3) is 0 Å². The van der Waals surface area contributed by atoms with Crippen LogP contribution in [-0.4, -0.2) is 54.1 Å². The van der Waals surface area contributed by atoms with E-state index >= 15 is 0 Å². The van der Waals surface area contributed by atoms with Gasteiger partial charge in [0.15, 0.2) is 0 Å². The van der Waals surface area contributed by atoms with E-state index in [1.165, 1.54) is 5.56 Å². The van der Waals surface area contributed by atoms with Gasteiger partial charge in [0.25, 0.3) is 0 Å². The Morgan fingerprint density at radius 2 is 1.26 bits per heavy atom. The molecular formula is C35H39Cl2NO4. The van der Waals surface area contributed by atoms with Gasteiger partial charge in [-0.2, -0.15) is 0 Å². The van der Waals surface area contributed by atoms with Crippen LogP contribution >= 0.6 is 23.2 Å². The van der Waals surface area contributed by atoms with Gasteiger partial charge in [0.05, 0.1) is 25.4 Å². The van der Waals surface area contributed by atoms with Crippen LogP contribution in [0.1, 0.15) is 41.4 Å². The number of aliphatic hydroxyl groups excluding tert-OH is 2. The van der Waals surface area contributed by atoms with Crippen molar-refractivity contribution in [1.29, 1.82) is 0 Å². The van der Waals surface area contributed by atoms with E-state index in [4.69, 9.17) is 32.7 Å². The van der Waals surface area contributed by atoms with Crippen LogP contribution in [0.15, 0.2) is 103 Å². The molecule has 0 saturated carbocycles. The van der Waals surface area contributed by atoms with Crippen LogP contribution in [-0.2, 0) is 17.6 Å². The second-order valence-electron chi connectivity index (χ2n) is 10.5. The Bertz CT molecular complexity index is 1300. The first-order valence-electron chi connectivity index (χ1n) is 14.3. The third kappa shape index (κ3) is 10.4. The molecule has 5 nitrogen and oxygen atoms in total. The summed E-state index contributed by atoms with van der Waals surface area (Å²) >= 11 is 12.3. The maximum Gasteiger partial charge on any atom is 0.119 e. The van der Waals surface area contributed by atoms with E-state index in [2.05, 4.69) is 36.1 Å². The summed E-state index contributed by atoms with van der Waals surface area (Å²) in [6.45, 7) is 4.46. The quantitative estimate of drug-likeness (QED) is 0.131. The zero-order chi connectivity index (χ0) is 29.7. The van der Waals surface area contributed by atoms with Crippen LogP contribution < -0.4 is 4.74 Å². The highest BCUT2D eigenvalue weighted by atomic mass is 35.5. The Labute approximate surface area is 259 Å². The summed E-state index contributed by atoms with van der Waals surface area (Å²) in [7, 11) is 0. The first kappa shape index (κ1) is 32.0. The molecule has 42 heavy (non-hydrogen) atoms. The van der Waals surface area contributed by atoms with E-state index in [1.54, 1.807) is 24.3 Å². The summed E-state index contributed by atoms with van der Waals surface area (Å²) in [5.41, 5.74) is 3.87. The van der Waals surface area contributed by atoms with Crippen LogP contribution in [0.4, 0.5) is 0 Å². The predicted octanol–water partition coefficient (Wildman–Crippen LogP) is 7.33. The molecule has 0 heterocycles. The molecule has 4 aromatic carbocycles. The highest BCUT2D eigenvalue weighted by Crippen LogP contribution is 2.25. The van der Waals surface area contributed by atoms with Gasteiger partial charge in [-0.25, -0.2) is 0 Å². The van der Waals surface area contributed by atoms with Crippen molar-refractivity contribution in [1.82, 2.24) is 4.90 Å². The zero-order valence-corrected chi connectivity index (χ0v) is 25.4. The van der Waals surface area contributed by atoms with Gasteiger partial charge in [0.2, 0.25) is 0 Å². The highest BCUT2D eigenvalue weighted by Gasteiger charge is 2.23. The largest absolute Gasteiger partial charge is 0.491 e. The molecule has 0 aliphatic rings. The Morgan fingerprint density at radius 3 is 1.83 bits per heavy atom. The number of benzene rings is 4. The summed E-state index contributed by atoms with van der Waals surface area (Å²) in [5.74, 6) is 0.794. The second-order valence-corrected chi connectivity index (χ2v) is 11.4. The smallest absolute Gasteiger partial charge is 0.119 e. The Kier molecular flexibility index (Phi) is 12.7. The fourth-order valence-electron chi connectivity index (χ4n) is 4.86. The van der Waals surface area contributed by atoms with Crippen LogP contribution in [0, 0.1) is 0 Å². The van der Waals surface area contributed by atoms with Crippen molar-refractivity contribution in [3.63, 3.8) is 0 Å². The molecule has 3 atom stereocenters. The van der Waals surface area contributed by atoms with Gasteiger partial charge in [-0.15, -0.1) is 0 Å². The van der Waals surface area contributed by atoms with Crippen molar-refractivity contribution in [2.24, 2.45) is 0 Å². The molecule has 0 radical (unpaired) electrons. The minimum Gasteiger partial charge on any atom is -0.491 e. The molecule has 0 aliphatic heterocycles. The van der Waals surface area contributed by atoms with Gasteiger partial charge in [-0.3, -0.25) is 4.90 Å². The Hall–Kier alpha value is -2.90. The van der Waals surface area contributed by atoms with E-state index in [9.17, 15) is 10.2 Å². The molecule has 0 amide bonds. The molecule has 0 spiro atoms. The third-order valence-corrected chi connectivity index (χ3v) is 7.70. The minimum absolute atomic E-state index is 0.0254. The number of rotatable bonds is 16. The standard InChI is InChI=1S/C35H39Cl2NO4/c1-26(21-28-13-15-33(16-14-28)42-20-19-41-18-17-27-7-3-2-4-8-27)38(24-34(39)29-9-5-11-31(36)22-29)25-35(40)30-10-6-12-32(37)23-30/h2-16,22-23,26,34-35,39-40H,17-21,24-25H2,1H3/t26-,34-,35+/m1/s1. The van der Waals surface area contributed by atoms with Crippen molar-refractivity contribution >= 4 is 23.2 Å². The highest BCUT2D eigenvalue weighted by molar-refractivity contribution is 6.30. The molecule has 4 rings (SSSR count). The SMILES string of the molecule is C[C@H](Cc1ccc(OCCOCCc2ccccc2)cc1)N(C[C@@H](O)c1cccc(Cl)c1)C[C@H](O)c1cccc(Cl)c1. The molecular weight excluding hydrogens is 569 g/mol. The van der Waals surface area contributed by atoms with Crippen molar-refractivity contribution in [3.05, 3.63) is 135 Å². The van der Waals surface area contributed by atoms with Crippen molar-refractivity contribution < 1.29 is 19.7 Å². The molecule has 4 aromatic rings. The molecule has 0 aliphatic carbocycles. The summed E-state index contributed by atoms with van der Waals surface area (Å²) in [5, 5.41) is 23.3. The van der Waals surface area contributed by atoms with E-state index in [1.807, 2.05) is 54.6 Å². The average Bonchev–Trinajstić information content (AvgIpc) is 2.99.